The van der Waals surface area contributed by atoms with Crippen LogP contribution in [0, 0.1) is 0 Å². The number of benzene rings is 1. The number of thiocarbonyl (C=S) groups is 1. The minimum Gasteiger partial charge on any atom is -0.448 e. The van der Waals surface area contributed by atoms with E-state index in [0.29, 0.717) is 15.7 Å². The van der Waals surface area contributed by atoms with Crippen LogP contribution in [0.3, 0.4) is 0 Å². The Labute approximate surface area is 133 Å². The largest absolute Gasteiger partial charge is 0.448 e. The second-order valence-corrected chi connectivity index (χ2v) is 5.54. The summed E-state index contributed by atoms with van der Waals surface area (Å²) < 4.78 is 43.3. The second-order valence-electron chi connectivity index (χ2n) is 4.02. The Morgan fingerprint density at radius 1 is 1.32 bits per heavy atom. The van der Waals surface area contributed by atoms with Gasteiger partial charge in [-0.05, 0) is 42.5 Å². The molecule has 3 N–H and O–H groups in total. The van der Waals surface area contributed by atoms with Gasteiger partial charge in [-0.3, -0.25) is 5.43 Å². The zero-order chi connectivity index (χ0) is 16.2. The number of halogens is 3. The van der Waals surface area contributed by atoms with Gasteiger partial charge in [0.05, 0.1) is 11.8 Å². The Balaban J connectivity index is 2.07. The van der Waals surface area contributed by atoms with Crippen molar-refractivity contribution in [3.8, 4) is 0 Å². The quantitative estimate of drug-likeness (QED) is 0.503. The first-order valence-electron chi connectivity index (χ1n) is 5.88. The molecule has 0 amide bonds. The van der Waals surface area contributed by atoms with Crippen molar-refractivity contribution in [1.82, 2.24) is 5.43 Å². The van der Waals surface area contributed by atoms with Crippen LogP contribution < -0.4 is 11.2 Å². The highest BCUT2D eigenvalue weighted by Gasteiger charge is 2.30. The molecule has 0 radical (unpaired) electrons. The lowest BCUT2D eigenvalue weighted by molar-refractivity contribution is -0.137. The van der Waals surface area contributed by atoms with E-state index in [2.05, 4.69) is 22.7 Å². The zero-order valence-electron chi connectivity index (χ0n) is 10.9. The van der Waals surface area contributed by atoms with E-state index in [0.717, 1.165) is 23.9 Å². The summed E-state index contributed by atoms with van der Waals surface area (Å²) >= 11 is 5.65. The Bertz CT molecular complexity index is 698. The summed E-state index contributed by atoms with van der Waals surface area (Å²) in [5.41, 5.74) is 6.85. The summed E-state index contributed by atoms with van der Waals surface area (Å²) in [5, 5.41) is 4.17. The van der Waals surface area contributed by atoms with Crippen LogP contribution >= 0.6 is 24.0 Å². The summed E-state index contributed by atoms with van der Waals surface area (Å²) in [6, 6.07) is 8.27. The van der Waals surface area contributed by atoms with E-state index in [9.17, 15) is 13.2 Å². The average molecular weight is 345 g/mol. The third kappa shape index (κ3) is 4.78. The molecule has 0 aliphatic rings. The molecule has 1 aromatic carbocycles. The zero-order valence-corrected chi connectivity index (χ0v) is 12.6. The summed E-state index contributed by atoms with van der Waals surface area (Å²) in [5.74, 6) is 0.415. The number of rotatable bonds is 4. The Kier molecular flexibility index (Phi) is 5.09. The van der Waals surface area contributed by atoms with Crippen molar-refractivity contribution in [3.05, 3.63) is 47.7 Å². The van der Waals surface area contributed by atoms with Crippen molar-refractivity contribution in [2.24, 2.45) is 10.8 Å². The molecular weight excluding hydrogens is 335 g/mol. The van der Waals surface area contributed by atoms with Gasteiger partial charge in [0.1, 0.15) is 5.76 Å². The molecule has 22 heavy (non-hydrogen) atoms. The van der Waals surface area contributed by atoms with E-state index >= 15 is 0 Å². The fourth-order valence-corrected chi connectivity index (χ4v) is 2.36. The molecule has 4 nitrogen and oxygen atoms in total. The van der Waals surface area contributed by atoms with Crippen molar-refractivity contribution in [3.63, 3.8) is 0 Å². The van der Waals surface area contributed by atoms with Crippen LogP contribution in [0.2, 0.25) is 0 Å². The Morgan fingerprint density at radius 2 is 2.09 bits per heavy atom. The first-order chi connectivity index (χ1) is 10.3. The third-order valence-corrected chi connectivity index (χ3v) is 3.35. The molecule has 2 aromatic rings. The first kappa shape index (κ1) is 16.4. The van der Waals surface area contributed by atoms with Gasteiger partial charge in [-0.2, -0.15) is 18.3 Å². The molecule has 0 bridgehead atoms. The molecule has 0 spiro atoms. The predicted octanol–water partition coefficient (Wildman–Crippen LogP) is 3.62. The normalized spacial score (nSPS) is 11.8. The smallest absolute Gasteiger partial charge is 0.416 e. The maximum atomic E-state index is 12.6. The molecule has 0 aliphatic carbocycles. The predicted molar refractivity (Wildman–Crippen MR) is 81.8 cm³/mol. The van der Waals surface area contributed by atoms with E-state index in [1.807, 2.05) is 0 Å². The van der Waals surface area contributed by atoms with Crippen LogP contribution in [0.1, 0.15) is 11.3 Å². The molecule has 9 heteroatoms. The van der Waals surface area contributed by atoms with Gasteiger partial charge >= 0.3 is 6.18 Å². The fraction of sp³-hybridized carbons (Fsp3) is 0.0769. The number of hydrazone groups is 1. The molecule has 1 heterocycles. The number of hydrogen-bond acceptors (Lipinski definition) is 4. The van der Waals surface area contributed by atoms with Gasteiger partial charge in [-0.25, -0.2) is 0 Å². The molecule has 0 atom stereocenters. The van der Waals surface area contributed by atoms with E-state index in [4.69, 9.17) is 10.2 Å². The molecule has 2 rings (SSSR count). The van der Waals surface area contributed by atoms with Crippen molar-refractivity contribution >= 4 is 35.3 Å². The highest BCUT2D eigenvalue weighted by molar-refractivity contribution is 7.99. The van der Waals surface area contributed by atoms with Crippen molar-refractivity contribution in [2.45, 2.75) is 16.2 Å². The molecule has 116 valence electrons. The fourth-order valence-electron chi connectivity index (χ4n) is 1.47. The molecular formula is C13H10F3N3OS2. The van der Waals surface area contributed by atoms with Crippen LogP contribution in [0.15, 0.2) is 55.9 Å². The van der Waals surface area contributed by atoms with Crippen LogP contribution in [-0.4, -0.2) is 11.3 Å². The number of furan rings is 1. The topological polar surface area (TPSA) is 63.5 Å². The lowest BCUT2D eigenvalue weighted by atomic mass is 10.2. The average Bonchev–Trinajstić information content (AvgIpc) is 2.85. The minimum atomic E-state index is -4.37. The van der Waals surface area contributed by atoms with Crippen LogP contribution in [0.5, 0.6) is 0 Å². The van der Waals surface area contributed by atoms with Gasteiger partial charge in [0.25, 0.3) is 0 Å². The number of alkyl halides is 3. The van der Waals surface area contributed by atoms with Crippen LogP contribution in [0.25, 0.3) is 0 Å². The van der Waals surface area contributed by atoms with Gasteiger partial charge in [0.15, 0.2) is 10.2 Å². The van der Waals surface area contributed by atoms with Gasteiger partial charge < -0.3 is 10.2 Å². The van der Waals surface area contributed by atoms with E-state index in [1.165, 1.54) is 12.3 Å². The highest BCUT2D eigenvalue weighted by Crippen LogP contribution is 2.34. The van der Waals surface area contributed by atoms with Crippen molar-refractivity contribution in [1.29, 1.82) is 0 Å². The third-order valence-electron chi connectivity index (χ3n) is 2.35. The molecule has 0 aliphatic heterocycles. The molecule has 0 saturated carbocycles. The monoisotopic (exact) mass is 345 g/mol. The van der Waals surface area contributed by atoms with E-state index in [1.54, 1.807) is 18.2 Å². The summed E-state index contributed by atoms with van der Waals surface area (Å²) in [6.07, 6.45) is -3.01. The molecule has 0 saturated heterocycles. The summed E-state index contributed by atoms with van der Waals surface area (Å²) in [7, 11) is 0. The Morgan fingerprint density at radius 3 is 2.77 bits per heavy atom. The lowest BCUT2D eigenvalue weighted by Crippen LogP contribution is -2.23. The van der Waals surface area contributed by atoms with Crippen molar-refractivity contribution in [2.75, 3.05) is 0 Å². The molecule has 0 fully saturated rings. The van der Waals surface area contributed by atoms with Gasteiger partial charge in [0.2, 0.25) is 0 Å². The van der Waals surface area contributed by atoms with Gasteiger partial charge in [-0.1, -0.05) is 17.8 Å². The van der Waals surface area contributed by atoms with E-state index in [-0.39, 0.29) is 5.11 Å². The number of hydrogen-bond donors (Lipinski definition) is 2. The lowest BCUT2D eigenvalue weighted by Gasteiger charge is -2.07. The van der Waals surface area contributed by atoms with Crippen LogP contribution in [-0.2, 0) is 6.18 Å². The maximum absolute atomic E-state index is 12.6. The maximum Gasteiger partial charge on any atom is 0.416 e. The second kappa shape index (κ2) is 6.84. The molecule has 0 unspecified atom stereocenters. The molecule has 1 aromatic heterocycles. The summed E-state index contributed by atoms with van der Waals surface area (Å²) in [4.78, 5) is 0.425. The minimum absolute atomic E-state index is 0.0152. The van der Waals surface area contributed by atoms with Gasteiger partial charge in [0, 0.05) is 4.90 Å². The first-order valence-corrected chi connectivity index (χ1v) is 7.10. The summed E-state index contributed by atoms with van der Waals surface area (Å²) in [6.45, 7) is 0. The SMILES string of the molecule is NC(=S)N/N=C/c1ccc(Sc2cccc(C(F)(F)F)c2)o1. The number of nitrogens with one attached hydrogen (secondary N) is 1. The number of nitrogens with zero attached hydrogens (tertiary/aromatic N) is 1. The van der Waals surface area contributed by atoms with E-state index < -0.39 is 11.7 Å². The van der Waals surface area contributed by atoms with Crippen LogP contribution in [0.4, 0.5) is 13.2 Å². The standard InChI is InChI=1S/C13H10F3N3OS2/c14-13(15,16)8-2-1-3-10(6-8)22-11-5-4-9(20-11)7-18-19-12(17)21/h1-7H,(H3,17,19,21)/b18-7+. The van der Waals surface area contributed by atoms with Gasteiger partial charge in [-0.15, -0.1) is 0 Å². The number of nitrogens with two attached hydrogens (primary N) is 1. The van der Waals surface area contributed by atoms with Crippen molar-refractivity contribution < 1.29 is 17.6 Å². The Hall–Kier alpha value is -2.00. The highest BCUT2D eigenvalue weighted by atomic mass is 32.2.